The fourth-order valence-electron chi connectivity index (χ4n) is 9.83. The van der Waals surface area contributed by atoms with E-state index in [1.54, 1.807) is 0 Å². The zero-order valence-corrected chi connectivity index (χ0v) is 40.7. The van der Waals surface area contributed by atoms with Crippen LogP contribution in [0.15, 0.2) is 182 Å². The molecule has 0 saturated heterocycles. The van der Waals surface area contributed by atoms with Crippen molar-refractivity contribution >= 4 is 44.6 Å². The van der Waals surface area contributed by atoms with Crippen LogP contribution >= 0.6 is 0 Å². The zero-order valence-electron chi connectivity index (χ0n) is 40.7. The minimum atomic E-state index is -0.221. The van der Waals surface area contributed by atoms with Gasteiger partial charge in [0.2, 0.25) is 0 Å². The van der Waals surface area contributed by atoms with Crippen molar-refractivity contribution in [3.05, 3.63) is 216 Å². The number of aromatic nitrogens is 2. The van der Waals surface area contributed by atoms with E-state index in [0.29, 0.717) is 6.67 Å². The average molecular weight is 879 g/mol. The van der Waals surface area contributed by atoms with E-state index in [1.165, 1.54) is 55.8 Å². The summed E-state index contributed by atoms with van der Waals surface area (Å²) in [5.41, 5.74) is 14.0. The van der Waals surface area contributed by atoms with E-state index in [-0.39, 0.29) is 21.7 Å². The lowest BCUT2D eigenvalue weighted by atomic mass is 9.78. The number of ether oxygens (including phenoxy) is 1. The van der Waals surface area contributed by atoms with Crippen molar-refractivity contribution in [1.29, 1.82) is 0 Å². The molecule has 0 bridgehead atoms. The van der Waals surface area contributed by atoms with Crippen molar-refractivity contribution < 1.29 is 4.74 Å². The standard InChI is InChI=1S/C62H62N4O/c1-59(2,3)44-27-31-54-53(36-44)52-30-29-51(40-56(52)66(54)58-38-47(33-34-63-58)62(9,10)43-21-15-12-16-22-43)67-50-26-18-25-49(39-50)64-41-65(57-37-45(60(4,5)6)28-32-55(57)64)48-24-17-23-46(35-48)61(7,8)42-19-13-11-14-20-42/h11-40H,41H2,1-10H3. The molecule has 9 aromatic rings. The van der Waals surface area contributed by atoms with Gasteiger partial charge in [-0.05, 0) is 117 Å². The largest absolute Gasteiger partial charge is 0.457 e. The van der Waals surface area contributed by atoms with Gasteiger partial charge in [-0.15, -0.1) is 0 Å². The van der Waals surface area contributed by atoms with Gasteiger partial charge in [0.15, 0.2) is 0 Å². The van der Waals surface area contributed by atoms with E-state index in [9.17, 15) is 0 Å². The molecular formula is C62H62N4O. The van der Waals surface area contributed by atoms with Gasteiger partial charge in [-0.3, -0.25) is 4.57 Å². The van der Waals surface area contributed by atoms with Crippen molar-refractivity contribution in [2.75, 3.05) is 16.5 Å². The Balaban J connectivity index is 1.03. The SMILES string of the molecule is CC(C)(C)c1ccc2c(c1)N(c1cccc(C(C)(C)c3ccccc3)c1)CN2c1cccc(Oc2ccc3c4cc(C(C)(C)C)ccc4n(-c4cc(C(C)(C)c5ccccc5)ccn4)c3c2)c1. The highest BCUT2D eigenvalue weighted by Crippen LogP contribution is 2.48. The zero-order chi connectivity index (χ0) is 46.9. The van der Waals surface area contributed by atoms with Crippen LogP contribution in [-0.2, 0) is 21.7 Å². The third-order valence-corrected chi connectivity index (χ3v) is 14.2. The summed E-state index contributed by atoms with van der Waals surface area (Å²) >= 11 is 0. The molecule has 0 N–H and O–H groups in total. The molecule has 2 aromatic heterocycles. The minimum absolute atomic E-state index is 0.000354. The first-order valence-corrected chi connectivity index (χ1v) is 23.7. The second kappa shape index (κ2) is 16.3. The van der Waals surface area contributed by atoms with Crippen LogP contribution < -0.4 is 14.5 Å². The van der Waals surface area contributed by atoms with Gasteiger partial charge in [-0.1, -0.05) is 160 Å². The molecule has 10 rings (SSSR count). The third kappa shape index (κ3) is 8.05. The Hall–Kier alpha value is -7.11. The lowest BCUT2D eigenvalue weighted by Gasteiger charge is -2.29. The maximum absolute atomic E-state index is 6.87. The fourth-order valence-corrected chi connectivity index (χ4v) is 9.83. The first-order valence-electron chi connectivity index (χ1n) is 23.7. The smallest absolute Gasteiger partial charge is 0.137 e. The number of anilines is 4. The number of hydrogen-bond acceptors (Lipinski definition) is 4. The Bertz CT molecular complexity index is 3280. The van der Waals surface area contributed by atoms with Gasteiger partial charge < -0.3 is 14.5 Å². The third-order valence-electron chi connectivity index (χ3n) is 14.2. The monoisotopic (exact) mass is 878 g/mol. The number of pyridine rings is 1. The number of fused-ring (bicyclic) bond motifs is 4. The van der Waals surface area contributed by atoms with Crippen LogP contribution in [0.4, 0.5) is 22.7 Å². The molecule has 5 heteroatoms. The molecule has 0 spiro atoms. The molecule has 336 valence electrons. The molecular weight excluding hydrogens is 817 g/mol. The van der Waals surface area contributed by atoms with E-state index in [4.69, 9.17) is 9.72 Å². The lowest BCUT2D eigenvalue weighted by molar-refractivity contribution is 0.483. The summed E-state index contributed by atoms with van der Waals surface area (Å²) in [6.45, 7) is 23.6. The first kappa shape index (κ1) is 43.8. The molecule has 0 atom stereocenters. The predicted octanol–water partition coefficient (Wildman–Crippen LogP) is 16.5. The molecule has 0 unspecified atom stereocenters. The average Bonchev–Trinajstić information content (AvgIpc) is 3.87. The van der Waals surface area contributed by atoms with Crippen molar-refractivity contribution in [3.8, 4) is 17.3 Å². The quantitative estimate of drug-likeness (QED) is 0.145. The van der Waals surface area contributed by atoms with Crippen LogP contribution in [0.25, 0.3) is 27.6 Å². The highest BCUT2D eigenvalue weighted by Gasteiger charge is 2.32. The number of rotatable bonds is 9. The van der Waals surface area contributed by atoms with Crippen molar-refractivity contribution in [3.63, 3.8) is 0 Å². The van der Waals surface area contributed by atoms with Gasteiger partial charge in [-0.2, -0.15) is 0 Å². The molecule has 1 aliphatic rings. The van der Waals surface area contributed by atoms with E-state index in [0.717, 1.165) is 39.4 Å². The van der Waals surface area contributed by atoms with Crippen LogP contribution in [0.1, 0.15) is 103 Å². The van der Waals surface area contributed by atoms with Gasteiger partial charge in [0.1, 0.15) is 24.0 Å². The van der Waals surface area contributed by atoms with Gasteiger partial charge in [0.25, 0.3) is 0 Å². The Morgan fingerprint density at radius 2 is 0.970 bits per heavy atom. The molecule has 0 fully saturated rings. The molecule has 0 aliphatic carbocycles. The van der Waals surface area contributed by atoms with E-state index in [2.05, 4.69) is 260 Å². The summed E-state index contributed by atoms with van der Waals surface area (Å²) in [7, 11) is 0. The predicted molar refractivity (Wildman–Crippen MR) is 282 cm³/mol. The summed E-state index contributed by atoms with van der Waals surface area (Å²) < 4.78 is 9.18. The molecule has 0 amide bonds. The highest BCUT2D eigenvalue weighted by atomic mass is 16.5. The second-order valence-electron chi connectivity index (χ2n) is 21.5. The van der Waals surface area contributed by atoms with E-state index >= 15 is 0 Å². The molecule has 5 nitrogen and oxygen atoms in total. The minimum Gasteiger partial charge on any atom is -0.457 e. The Morgan fingerprint density at radius 3 is 1.64 bits per heavy atom. The Labute approximate surface area is 397 Å². The maximum atomic E-state index is 6.87. The normalized spacial score (nSPS) is 13.4. The molecule has 3 heterocycles. The summed E-state index contributed by atoms with van der Waals surface area (Å²) in [4.78, 5) is 9.91. The second-order valence-corrected chi connectivity index (χ2v) is 21.5. The number of benzene rings is 7. The Morgan fingerprint density at radius 1 is 0.403 bits per heavy atom. The number of nitrogens with zero attached hydrogens (tertiary/aromatic N) is 4. The summed E-state index contributed by atoms with van der Waals surface area (Å²) in [6, 6.07) is 63.9. The highest BCUT2D eigenvalue weighted by molar-refractivity contribution is 6.10. The summed E-state index contributed by atoms with van der Waals surface area (Å²) in [5, 5.41) is 2.36. The molecule has 1 aliphatic heterocycles. The topological polar surface area (TPSA) is 33.5 Å². The van der Waals surface area contributed by atoms with Gasteiger partial charge in [-0.25, -0.2) is 4.98 Å². The van der Waals surface area contributed by atoms with Crippen LogP contribution in [0.3, 0.4) is 0 Å². The number of hydrogen-bond donors (Lipinski definition) is 0. The maximum Gasteiger partial charge on any atom is 0.137 e. The molecule has 0 radical (unpaired) electrons. The van der Waals surface area contributed by atoms with Crippen LogP contribution in [0, 0.1) is 0 Å². The van der Waals surface area contributed by atoms with Crippen LogP contribution in [0.2, 0.25) is 0 Å². The van der Waals surface area contributed by atoms with E-state index < -0.39 is 0 Å². The van der Waals surface area contributed by atoms with Crippen molar-refractivity contribution in [2.24, 2.45) is 0 Å². The first-order chi connectivity index (χ1) is 32.0. The summed E-state index contributed by atoms with van der Waals surface area (Å²) in [5.74, 6) is 2.42. The van der Waals surface area contributed by atoms with Gasteiger partial charge in [0.05, 0.1) is 22.4 Å². The lowest BCUT2D eigenvalue weighted by Crippen LogP contribution is -2.25. The fraction of sp³-hybridized carbons (Fsp3) is 0.242. The molecule has 67 heavy (non-hydrogen) atoms. The van der Waals surface area contributed by atoms with Gasteiger partial charge >= 0.3 is 0 Å². The Kier molecular flexibility index (Phi) is 10.7. The van der Waals surface area contributed by atoms with Crippen LogP contribution in [0.5, 0.6) is 11.5 Å². The van der Waals surface area contributed by atoms with Crippen molar-refractivity contribution in [1.82, 2.24) is 9.55 Å². The molecule has 0 saturated carbocycles. The van der Waals surface area contributed by atoms with Gasteiger partial charge in [0, 0.05) is 51.3 Å². The van der Waals surface area contributed by atoms with Crippen molar-refractivity contribution in [2.45, 2.75) is 90.9 Å². The van der Waals surface area contributed by atoms with Crippen LogP contribution in [-0.4, -0.2) is 16.2 Å². The summed E-state index contributed by atoms with van der Waals surface area (Å²) in [6.07, 6.45) is 1.95. The molecule has 7 aromatic carbocycles. The van der Waals surface area contributed by atoms with E-state index in [1.807, 2.05) is 6.20 Å².